The Labute approximate surface area is 137 Å². The third-order valence-corrected chi connectivity index (χ3v) is 6.26. The Balaban J connectivity index is 1.77. The zero-order chi connectivity index (χ0) is 15.5. The summed E-state index contributed by atoms with van der Waals surface area (Å²) in [6.07, 6.45) is 3.92. The van der Waals surface area contributed by atoms with Crippen LogP contribution in [-0.2, 0) is 0 Å². The molecule has 5 nitrogen and oxygen atoms in total. The van der Waals surface area contributed by atoms with Gasteiger partial charge in [0.1, 0.15) is 18.0 Å². The summed E-state index contributed by atoms with van der Waals surface area (Å²) in [7, 11) is 0. The van der Waals surface area contributed by atoms with E-state index in [0.717, 1.165) is 49.9 Å². The van der Waals surface area contributed by atoms with Crippen LogP contribution in [0.25, 0.3) is 0 Å². The Kier molecular flexibility index (Phi) is 5.08. The number of hydrogen-bond donors (Lipinski definition) is 1. The minimum Gasteiger partial charge on any atom is -0.396 e. The van der Waals surface area contributed by atoms with Gasteiger partial charge in [-0.05, 0) is 25.7 Å². The van der Waals surface area contributed by atoms with Crippen LogP contribution in [0.4, 0.5) is 11.6 Å². The smallest absolute Gasteiger partial charge is 0.134 e. The topological polar surface area (TPSA) is 52.5 Å². The quantitative estimate of drug-likeness (QED) is 0.919. The number of aliphatic hydroxyl groups excluding tert-OH is 1. The number of aliphatic hydroxyl groups is 1. The van der Waals surface area contributed by atoms with Crippen LogP contribution >= 0.6 is 11.8 Å². The summed E-state index contributed by atoms with van der Waals surface area (Å²) in [6, 6.07) is 2.62. The van der Waals surface area contributed by atoms with E-state index >= 15 is 0 Å². The van der Waals surface area contributed by atoms with Crippen molar-refractivity contribution in [3.8, 4) is 0 Å². The fourth-order valence-corrected chi connectivity index (χ4v) is 4.45. The molecule has 22 heavy (non-hydrogen) atoms. The van der Waals surface area contributed by atoms with E-state index in [0.29, 0.717) is 17.2 Å². The molecule has 3 unspecified atom stereocenters. The normalized spacial score (nSPS) is 29.7. The van der Waals surface area contributed by atoms with E-state index in [9.17, 15) is 5.11 Å². The molecule has 0 radical (unpaired) electrons. The molecule has 1 N–H and O–H groups in total. The predicted molar refractivity (Wildman–Crippen MR) is 92.8 cm³/mol. The Morgan fingerprint density at radius 3 is 2.91 bits per heavy atom. The van der Waals surface area contributed by atoms with E-state index in [1.54, 1.807) is 6.33 Å². The van der Waals surface area contributed by atoms with Crippen molar-refractivity contribution in [2.45, 2.75) is 38.0 Å². The van der Waals surface area contributed by atoms with Crippen LogP contribution in [0.5, 0.6) is 0 Å². The van der Waals surface area contributed by atoms with Crippen LogP contribution < -0.4 is 9.80 Å². The monoisotopic (exact) mass is 322 g/mol. The van der Waals surface area contributed by atoms with Gasteiger partial charge in [-0.1, -0.05) is 6.92 Å². The fourth-order valence-electron chi connectivity index (χ4n) is 3.35. The SMILES string of the molecule is CC1SCCN(c2cc(N3CCCC(CO)C3)ncn2)C1C. The standard InChI is InChI=1S/C16H26N4OS/c1-12-13(2)22-7-6-20(12)16-8-15(17-11-18-16)19-5-3-4-14(9-19)10-21/h8,11-14,21H,3-7,9-10H2,1-2H3. The van der Waals surface area contributed by atoms with Gasteiger partial charge in [0.25, 0.3) is 0 Å². The summed E-state index contributed by atoms with van der Waals surface area (Å²) < 4.78 is 0. The number of thioether (sulfide) groups is 1. The second-order valence-electron chi connectivity index (χ2n) is 6.38. The molecule has 0 amide bonds. The van der Waals surface area contributed by atoms with Crippen molar-refractivity contribution in [1.82, 2.24) is 9.97 Å². The molecular formula is C16H26N4OS. The van der Waals surface area contributed by atoms with E-state index in [1.165, 1.54) is 0 Å². The molecule has 0 saturated carbocycles. The molecule has 2 aliphatic heterocycles. The molecule has 6 heteroatoms. The molecule has 2 aliphatic rings. The number of rotatable bonds is 3. The fraction of sp³-hybridized carbons (Fsp3) is 0.750. The first-order valence-corrected chi connectivity index (χ1v) is 9.30. The van der Waals surface area contributed by atoms with Crippen molar-refractivity contribution >= 4 is 23.4 Å². The molecule has 122 valence electrons. The second kappa shape index (κ2) is 7.04. The highest BCUT2D eigenvalue weighted by atomic mass is 32.2. The molecule has 2 saturated heterocycles. The van der Waals surface area contributed by atoms with Crippen molar-refractivity contribution in [2.75, 3.05) is 41.8 Å². The Hall–Kier alpha value is -1.01. The summed E-state index contributed by atoms with van der Waals surface area (Å²) in [4.78, 5) is 13.7. The van der Waals surface area contributed by atoms with Gasteiger partial charge in [0.2, 0.25) is 0 Å². The third kappa shape index (κ3) is 3.33. The maximum atomic E-state index is 9.41. The van der Waals surface area contributed by atoms with E-state index in [2.05, 4.69) is 39.7 Å². The minimum absolute atomic E-state index is 0.270. The first-order valence-electron chi connectivity index (χ1n) is 8.25. The summed E-state index contributed by atoms with van der Waals surface area (Å²) in [5.41, 5.74) is 0. The average molecular weight is 322 g/mol. The van der Waals surface area contributed by atoms with Gasteiger partial charge in [-0.2, -0.15) is 11.8 Å². The molecule has 0 aliphatic carbocycles. The van der Waals surface area contributed by atoms with Gasteiger partial charge in [-0.25, -0.2) is 9.97 Å². The first-order chi connectivity index (χ1) is 10.7. The van der Waals surface area contributed by atoms with Gasteiger partial charge in [-0.3, -0.25) is 0 Å². The van der Waals surface area contributed by atoms with E-state index in [4.69, 9.17) is 0 Å². The highest BCUT2D eigenvalue weighted by molar-refractivity contribution is 8.00. The number of hydrogen-bond acceptors (Lipinski definition) is 6. The molecule has 3 heterocycles. The second-order valence-corrected chi connectivity index (χ2v) is 7.87. The van der Waals surface area contributed by atoms with E-state index in [1.807, 2.05) is 11.8 Å². The average Bonchev–Trinajstić information content (AvgIpc) is 2.57. The lowest BCUT2D eigenvalue weighted by atomic mass is 9.99. The van der Waals surface area contributed by atoms with Crippen LogP contribution in [0.3, 0.4) is 0 Å². The summed E-state index contributed by atoms with van der Waals surface area (Å²) in [6.45, 7) is 7.81. The molecule has 0 bridgehead atoms. The number of nitrogens with zero attached hydrogens (tertiary/aromatic N) is 4. The summed E-state index contributed by atoms with van der Waals surface area (Å²) in [5, 5.41) is 10.0. The Morgan fingerprint density at radius 2 is 2.09 bits per heavy atom. The van der Waals surface area contributed by atoms with Crippen molar-refractivity contribution in [3.63, 3.8) is 0 Å². The largest absolute Gasteiger partial charge is 0.396 e. The van der Waals surface area contributed by atoms with Crippen molar-refractivity contribution in [3.05, 3.63) is 12.4 Å². The summed E-state index contributed by atoms with van der Waals surface area (Å²) in [5.74, 6) is 3.57. The number of aromatic nitrogens is 2. The van der Waals surface area contributed by atoms with Gasteiger partial charge >= 0.3 is 0 Å². The van der Waals surface area contributed by atoms with Crippen LogP contribution in [-0.4, -0.2) is 58.4 Å². The van der Waals surface area contributed by atoms with Crippen LogP contribution in [0.1, 0.15) is 26.7 Å². The highest BCUT2D eigenvalue weighted by Crippen LogP contribution is 2.30. The predicted octanol–water partition coefficient (Wildman–Crippen LogP) is 2.02. The lowest BCUT2D eigenvalue weighted by Gasteiger charge is -2.39. The Morgan fingerprint density at radius 1 is 1.27 bits per heavy atom. The van der Waals surface area contributed by atoms with E-state index < -0.39 is 0 Å². The summed E-state index contributed by atoms with van der Waals surface area (Å²) >= 11 is 2.04. The van der Waals surface area contributed by atoms with Crippen LogP contribution in [0.2, 0.25) is 0 Å². The maximum absolute atomic E-state index is 9.41. The zero-order valence-electron chi connectivity index (χ0n) is 13.5. The molecule has 3 rings (SSSR count). The van der Waals surface area contributed by atoms with Gasteiger partial charge in [0.05, 0.1) is 0 Å². The van der Waals surface area contributed by atoms with Gasteiger partial charge < -0.3 is 14.9 Å². The van der Waals surface area contributed by atoms with Crippen LogP contribution in [0.15, 0.2) is 12.4 Å². The van der Waals surface area contributed by atoms with Crippen molar-refractivity contribution in [2.24, 2.45) is 5.92 Å². The molecule has 1 aromatic rings. The molecule has 3 atom stereocenters. The highest BCUT2D eigenvalue weighted by Gasteiger charge is 2.27. The Bertz CT molecular complexity index is 501. The van der Waals surface area contributed by atoms with Gasteiger partial charge in [0, 0.05) is 49.4 Å². The van der Waals surface area contributed by atoms with Crippen molar-refractivity contribution < 1.29 is 5.11 Å². The third-order valence-electron chi connectivity index (χ3n) is 4.92. The first kappa shape index (κ1) is 15.9. The minimum atomic E-state index is 0.270. The van der Waals surface area contributed by atoms with Gasteiger partial charge in [0.15, 0.2) is 0 Å². The molecule has 0 spiro atoms. The number of anilines is 2. The van der Waals surface area contributed by atoms with Crippen molar-refractivity contribution in [1.29, 1.82) is 0 Å². The van der Waals surface area contributed by atoms with Crippen LogP contribution in [0, 0.1) is 5.92 Å². The molecule has 1 aromatic heterocycles. The number of piperidine rings is 1. The zero-order valence-corrected chi connectivity index (χ0v) is 14.3. The lowest BCUT2D eigenvalue weighted by Crippen LogP contribution is -2.45. The van der Waals surface area contributed by atoms with E-state index in [-0.39, 0.29) is 6.61 Å². The van der Waals surface area contributed by atoms with Gasteiger partial charge in [-0.15, -0.1) is 0 Å². The maximum Gasteiger partial charge on any atom is 0.134 e. The lowest BCUT2D eigenvalue weighted by molar-refractivity contribution is 0.208. The molecular weight excluding hydrogens is 296 g/mol. The molecule has 2 fully saturated rings. The molecule has 0 aromatic carbocycles.